The van der Waals surface area contributed by atoms with Crippen LogP contribution >= 0.6 is 0 Å². The minimum atomic E-state index is -0.275. The summed E-state index contributed by atoms with van der Waals surface area (Å²) in [6, 6.07) is 16.4. The number of carbonyl (C=O) groups is 2. The Morgan fingerprint density at radius 2 is 1.63 bits per heavy atom. The Balaban J connectivity index is 1.85. The molecule has 0 unspecified atom stereocenters. The first-order chi connectivity index (χ1) is 9.28. The van der Waals surface area contributed by atoms with Crippen LogP contribution in [0.2, 0.25) is 0 Å². The summed E-state index contributed by atoms with van der Waals surface area (Å²) in [5.41, 5.74) is 2.40. The third-order valence-electron chi connectivity index (χ3n) is 2.71. The van der Waals surface area contributed by atoms with E-state index in [4.69, 9.17) is 4.74 Å². The van der Waals surface area contributed by atoms with Crippen molar-refractivity contribution in [2.24, 2.45) is 0 Å². The second kappa shape index (κ2) is 6.50. The van der Waals surface area contributed by atoms with Crippen molar-refractivity contribution in [3.8, 4) is 0 Å². The maximum Gasteiger partial charge on any atom is 0.310 e. The molecule has 0 radical (unpaired) electrons. The molecule has 3 heteroatoms. The molecule has 19 heavy (non-hydrogen) atoms. The summed E-state index contributed by atoms with van der Waals surface area (Å²) in [6.45, 7) is 0.284. The molecule has 2 aromatic carbocycles. The first kappa shape index (κ1) is 13.0. The Morgan fingerprint density at radius 1 is 0.947 bits per heavy atom. The fourth-order valence-corrected chi connectivity index (χ4v) is 1.67. The monoisotopic (exact) mass is 254 g/mol. The van der Waals surface area contributed by atoms with Crippen LogP contribution in [0.1, 0.15) is 21.5 Å². The Hall–Kier alpha value is -2.42. The molecule has 0 aromatic heterocycles. The number of rotatable bonds is 5. The zero-order chi connectivity index (χ0) is 13.5. The summed E-state index contributed by atoms with van der Waals surface area (Å²) in [7, 11) is 0. The van der Waals surface area contributed by atoms with Gasteiger partial charge in [-0.3, -0.25) is 9.59 Å². The molecule has 0 amide bonds. The largest absolute Gasteiger partial charge is 0.461 e. The van der Waals surface area contributed by atoms with E-state index in [-0.39, 0.29) is 19.0 Å². The van der Waals surface area contributed by atoms with E-state index in [2.05, 4.69) is 0 Å². The molecule has 0 heterocycles. The normalized spacial score (nSPS) is 9.89. The van der Waals surface area contributed by atoms with Crippen molar-refractivity contribution >= 4 is 12.3 Å². The van der Waals surface area contributed by atoms with E-state index in [1.807, 2.05) is 30.3 Å². The maximum atomic E-state index is 11.6. The van der Waals surface area contributed by atoms with E-state index in [0.717, 1.165) is 17.4 Å². The fraction of sp³-hybridized carbons (Fsp3) is 0.125. The smallest absolute Gasteiger partial charge is 0.310 e. The molecule has 3 nitrogen and oxygen atoms in total. The lowest BCUT2D eigenvalue weighted by molar-refractivity contribution is -0.144. The van der Waals surface area contributed by atoms with Crippen LogP contribution in [-0.2, 0) is 22.6 Å². The number of esters is 1. The summed E-state index contributed by atoms with van der Waals surface area (Å²) in [5.74, 6) is -0.275. The Bertz CT molecular complexity index is 544. The number of ether oxygens (including phenoxy) is 1. The van der Waals surface area contributed by atoms with Crippen molar-refractivity contribution in [3.05, 3.63) is 71.3 Å². The summed E-state index contributed by atoms with van der Waals surface area (Å²) < 4.78 is 5.18. The molecular formula is C16H14O3. The molecule has 0 atom stereocenters. The predicted molar refractivity (Wildman–Crippen MR) is 71.8 cm³/mol. The highest BCUT2D eigenvalue weighted by Crippen LogP contribution is 2.06. The third kappa shape index (κ3) is 4.07. The topological polar surface area (TPSA) is 43.4 Å². The minimum absolute atomic E-state index is 0.214. The molecule has 0 spiro atoms. The van der Waals surface area contributed by atoms with Gasteiger partial charge in [0, 0.05) is 5.56 Å². The summed E-state index contributed by atoms with van der Waals surface area (Å²) in [6.07, 6.45) is 0.990. The molecule has 0 aliphatic rings. The average Bonchev–Trinajstić information content (AvgIpc) is 2.47. The SMILES string of the molecule is O=Cc1ccc(CC(=O)OCc2ccccc2)cc1. The summed E-state index contributed by atoms with van der Waals surface area (Å²) in [5, 5.41) is 0. The molecule has 0 bridgehead atoms. The van der Waals surface area contributed by atoms with Gasteiger partial charge in [-0.2, -0.15) is 0 Å². The van der Waals surface area contributed by atoms with Gasteiger partial charge in [0.25, 0.3) is 0 Å². The Labute approximate surface area is 111 Å². The van der Waals surface area contributed by atoms with Gasteiger partial charge in [0.05, 0.1) is 6.42 Å². The molecule has 0 saturated carbocycles. The third-order valence-corrected chi connectivity index (χ3v) is 2.71. The molecule has 0 aliphatic heterocycles. The number of benzene rings is 2. The van der Waals surface area contributed by atoms with E-state index < -0.39 is 0 Å². The van der Waals surface area contributed by atoms with Gasteiger partial charge in [0.15, 0.2) is 0 Å². The van der Waals surface area contributed by atoms with E-state index >= 15 is 0 Å². The van der Waals surface area contributed by atoms with Crippen LogP contribution in [0.25, 0.3) is 0 Å². The lowest BCUT2D eigenvalue weighted by Gasteiger charge is -2.05. The predicted octanol–water partition coefficient (Wildman–Crippen LogP) is 2.79. The van der Waals surface area contributed by atoms with Crippen LogP contribution in [0, 0.1) is 0 Å². The molecule has 0 aliphatic carbocycles. The second-order valence-electron chi connectivity index (χ2n) is 4.18. The quantitative estimate of drug-likeness (QED) is 0.608. The molecule has 0 saturated heterocycles. The molecule has 96 valence electrons. The van der Waals surface area contributed by atoms with Crippen molar-refractivity contribution in [2.75, 3.05) is 0 Å². The van der Waals surface area contributed by atoms with Crippen molar-refractivity contribution in [2.45, 2.75) is 13.0 Å². The standard InChI is InChI=1S/C16H14O3/c17-11-14-8-6-13(7-9-14)10-16(18)19-12-15-4-2-1-3-5-15/h1-9,11H,10,12H2. The van der Waals surface area contributed by atoms with Crippen LogP contribution in [0.3, 0.4) is 0 Å². The molecule has 0 fully saturated rings. The fourth-order valence-electron chi connectivity index (χ4n) is 1.67. The van der Waals surface area contributed by atoms with Gasteiger partial charge >= 0.3 is 5.97 Å². The van der Waals surface area contributed by atoms with E-state index in [0.29, 0.717) is 5.56 Å². The first-order valence-corrected chi connectivity index (χ1v) is 6.01. The van der Waals surface area contributed by atoms with Gasteiger partial charge in [-0.05, 0) is 11.1 Å². The van der Waals surface area contributed by atoms with Gasteiger partial charge in [-0.1, -0.05) is 54.6 Å². The number of carbonyl (C=O) groups excluding carboxylic acids is 2. The zero-order valence-electron chi connectivity index (χ0n) is 10.4. The van der Waals surface area contributed by atoms with Crippen LogP contribution < -0.4 is 0 Å². The van der Waals surface area contributed by atoms with Crippen molar-refractivity contribution < 1.29 is 14.3 Å². The van der Waals surface area contributed by atoms with Gasteiger partial charge in [-0.25, -0.2) is 0 Å². The number of hydrogen-bond acceptors (Lipinski definition) is 3. The molecule has 0 N–H and O–H groups in total. The Kier molecular flexibility index (Phi) is 4.45. The Morgan fingerprint density at radius 3 is 2.26 bits per heavy atom. The van der Waals surface area contributed by atoms with Crippen LogP contribution in [0.15, 0.2) is 54.6 Å². The van der Waals surface area contributed by atoms with Crippen molar-refractivity contribution in [1.82, 2.24) is 0 Å². The highest BCUT2D eigenvalue weighted by Gasteiger charge is 2.05. The lowest BCUT2D eigenvalue weighted by Crippen LogP contribution is -2.08. The van der Waals surface area contributed by atoms with E-state index in [1.165, 1.54) is 0 Å². The minimum Gasteiger partial charge on any atom is -0.461 e. The van der Waals surface area contributed by atoms with E-state index in [1.54, 1.807) is 24.3 Å². The highest BCUT2D eigenvalue weighted by atomic mass is 16.5. The molecule has 2 rings (SSSR count). The van der Waals surface area contributed by atoms with Crippen molar-refractivity contribution in [3.63, 3.8) is 0 Å². The van der Waals surface area contributed by atoms with Gasteiger partial charge in [0.1, 0.15) is 12.9 Å². The average molecular weight is 254 g/mol. The lowest BCUT2D eigenvalue weighted by atomic mass is 10.1. The van der Waals surface area contributed by atoms with E-state index in [9.17, 15) is 9.59 Å². The number of aldehydes is 1. The molecule has 2 aromatic rings. The van der Waals surface area contributed by atoms with Crippen LogP contribution in [-0.4, -0.2) is 12.3 Å². The van der Waals surface area contributed by atoms with Crippen LogP contribution in [0.4, 0.5) is 0 Å². The highest BCUT2D eigenvalue weighted by molar-refractivity contribution is 5.76. The van der Waals surface area contributed by atoms with Crippen LogP contribution in [0.5, 0.6) is 0 Å². The van der Waals surface area contributed by atoms with Gasteiger partial charge in [-0.15, -0.1) is 0 Å². The first-order valence-electron chi connectivity index (χ1n) is 6.01. The zero-order valence-corrected chi connectivity index (χ0v) is 10.4. The summed E-state index contributed by atoms with van der Waals surface area (Å²) >= 11 is 0. The maximum absolute atomic E-state index is 11.6. The number of hydrogen-bond donors (Lipinski definition) is 0. The molecular weight excluding hydrogens is 240 g/mol. The van der Waals surface area contributed by atoms with Gasteiger partial charge < -0.3 is 4.74 Å². The summed E-state index contributed by atoms with van der Waals surface area (Å²) in [4.78, 5) is 22.2. The van der Waals surface area contributed by atoms with Gasteiger partial charge in [0.2, 0.25) is 0 Å². The second-order valence-corrected chi connectivity index (χ2v) is 4.18. The van der Waals surface area contributed by atoms with Crippen molar-refractivity contribution in [1.29, 1.82) is 0 Å².